The van der Waals surface area contributed by atoms with Crippen LogP contribution in [0.25, 0.3) is 0 Å². The Morgan fingerprint density at radius 2 is 2.43 bits per heavy atom. The second kappa shape index (κ2) is 5.21. The van der Waals surface area contributed by atoms with Gasteiger partial charge >= 0.3 is 0 Å². The zero-order valence-corrected chi connectivity index (χ0v) is 8.47. The quantitative estimate of drug-likeness (QED) is 0.724. The number of hydrogen-bond donors (Lipinski definition) is 1. The van der Waals surface area contributed by atoms with Gasteiger partial charge in [-0.2, -0.15) is 5.10 Å². The normalized spacial score (nSPS) is 11.1. The van der Waals surface area contributed by atoms with Crippen LogP contribution in [0.5, 0.6) is 0 Å². The van der Waals surface area contributed by atoms with Gasteiger partial charge in [-0.1, -0.05) is 6.08 Å². The van der Waals surface area contributed by atoms with E-state index in [0.29, 0.717) is 6.54 Å². The molecule has 0 saturated heterocycles. The first-order chi connectivity index (χ1) is 6.68. The Bertz CT molecular complexity index is 301. The first kappa shape index (κ1) is 10.5. The van der Waals surface area contributed by atoms with Crippen molar-refractivity contribution < 1.29 is 4.79 Å². The third-order valence-corrected chi connectivity index (χ3v) is 1.55. The number of hydrogen-bond acceptors (Lipinski definition) is 2. The SMILES string of the molecule is CC(C)NC(=O)/C=C/Cn1cccn1. The van der Waals surface area contributed by atoms with Crippen molar-refractivity contribution in [2.75, 3.05) is 0 Å². The lowest BCUT2D eigenvalue weighted by Gasteiger charge is -2.03. The van der Waals surface area contributed by atoms with Gasteiger partial charge in [-0.15, -0.1) is 0 Å². The van der Waals surface area contributed by atoms with Crippen LogP contribution in [0.4, 0.5) is 0 Å². The summed E-state index contributed by atoms with van der Waals surface area (Å²) in [6.07, 6.45) is 6.87. The Hall–Kier alpha value is -1.58. The van der Waals surface area contributed by atoms with E-state index in [-0.39, 0.29) is 11.9 Å². The minimum absolute atomic E-state index is 0.0628. The van der Waals surface area contributed by atoms with Gasteiger partial charge in [0.2, 0.25) is 5.91 Å². The van der Waals surface area contributed by atoms with Gasteiger partial charge in [0, 0.05) is 24.5 Å². The van der Waals surface area contributed by atoms with Crippen LogP contribution < -0.4 is 5.32 Å². The number of carbonyl (C=O) groups excluding carboxylic acids is 1. The summed E-state index contributed by atoms with van der Waals surface area (Å²) in [5.41, 5.74) is 0. The van der Waals surface area contributed by atoms with E-state index in [0.717, 1.165) is 0 Å². The van der Waals surface area contributed by atoms with E-state index < -0.39 is 0 Å². The number of amides is 1. The smallest absolute Gasteiger partial charge is 0.243 e. The molecule has 0 atom stereocenters. The Kier molecular flexibility index (Phi) is 3.91. The van der Waals surface area contributed by atoms with Crippen LogP contribution in [-0.2, 0) is 11.3 Å². The van der Waals surface area contributed by atoms with Gasteiger partial charge in [-0.3, -0.25) is 9.48 Å². The lowest BCUT2D eigenvalue weighted by Crippen LogP contribution is -2.28. The summed E-state index contributed by atoms with van der Waals surface area (Å²) in [7, 11) is 0. The largest absolute Gasteiger partial charge is 0.350 e. The Morgan fingerprint density at radius 1 is 1.64 bits per heavy atom. The maximum absolute atomic E-state index is 11.2. The summed E-state index contributed by atoms with van der Waals surface area (Å²) in [4.78, 5) is 11.2. The molecule has 1 amide bonds. The average Bonchev–Trinajstić information content (AvgIpc) is 2.55. The lowest BCUT2D eigenvalue weighted by atomic mass is 10.3. The Morgan fingerprint density at radius 3 is 3.00 bits per heavy atom. The Labute approximate surface area is 83.6 Å². The van der Waals surface area contributed by atoms with Crippen molar-refractivity contribution in [3.8, 4) is 0 Å². The van der Waals surface area contributed by atoms with Gasteiger partial charge in [0.15, 0.2) is 0 Å². The average molecular weight is 193 g/mol. The fourth-order valence-electron chi connectivity index (χ4n) is 1.01. The zero-order valence-electron chi connectivity index (χ0n) is 8.47. The number of aromatic nitrogens is 2. The van der Waals surface area contributed by atoms with E-state index in [9.17, 15) is 4.79 Å². The minimum Gasteiger partial charge on any atom is -0.350 e. The summed E-state index contributed by atoms with van der Waals surface area (Å²) in [6, 6.07) is 2.03. The highest BCUT2D eigenvalue weighted by Crippen LogP contribution is 1.86. The molecule has 4 heteroatoms. The van der Waals surface area contributed by atoms with Crippen molar-refractivity contribution in [3.05, 3.63) is 30.6 Å². The summed E-state index contributed by atoms with van der Waals surface area (Å²) >= 11 is 0. The van der Waals surface area contributed by atoms with Gasteiger partial charge in [0.05, 0.1) is 6.54 Å². The molecule has 76 valence electrons. The second-order valence-corrected chi connectivity index (χ2v) is 3.29. The first-order valence-electron chi connectivity index (χ1n) is 4.63. The first-order valence-corrected chi connectivity index (χ1v) is 4.63. The molecule has 0 fully saturated rings. The number of rotatable bonds is 4. The molecule has 1 N–H and O–H groups in total. The van der Waals surface area contributed by atoms with E-state index in [2.05, 4.69) is 10.4 Å². The molecule has 0 aromatic carbocycles. The van der Waals surface area contributed by atoms with Gasteiger partial charge in [-0.05, 0) is 19.9 Å². The Balaban J connectivity index is 2.30. The van der Waals surface area contributed by atoms with Crippen LogP contribution >= 0.6 is 0 Å². The highest BCUT2D eigenvalue weighted by atomic mass is 16.1. The van der Waals surface area contributed by atoms with Crippen molar-refractivity contribution in [1.29, 1.82) is 0 Å². The van der Waals surface area contributed by atoms with Crippen molar-refractivity contribution >= 4 is 5.91 Å². The van der Waals surface area contributed by atoms with Crippen LogP contribution in [0.15, 0.2) is 30.6 Å². The lowest BCUT2D eigenvalue weighted by molar-refractivity contribution is -0.116. The van der Waals surface area contributed by atoms with Gasteiger partial charge in [-0.25, -0.2) is 0 Å². The molecule has 0 unspecified atom stereocenters. The highest BCUT2D eigenvalue weighted by Gasteiger charge is 1.96. The molecule has 1 aromatic rings. The molecule has 14 heavy (non-hydrogen) atoms. The van der Waals surface area contributed by atoms with Crippen LogP contribution in [-0.4, -0.2) is 21.7 Å². The maximum Gasteiger partial charge on any atom is 0.243 e. The van der Waals surface area contributed by atoms with Gasteiger partial charge < -0.3 is 5.32 Å². The predicted octanol–water partition coefficient (Wildman–Crippen LogP) is 0.964. The van der Waals surface area contributed by atoms with E-state index in [1.807, 2.05) is 26.1 Å². The molecular formula is C10H15N3O. The molecule has 0 radical (unpaired) electrons. The summed E-state index contributed by atoms with van der Waals surface area (Å²) in [6.45, 7) is 4.48. The van der Waals surface area contributed by atoms with Crippen LogP contribution in [0.1, 0.15) is 13.8 Å². The van der Waals surface area contributed by atoms with Crippen molar-refractivity contribution in [1.82, 2.24) is 15.1 Å². The predicted molar refractivity (Wildman–Crippen MR) is 54.6 cm³/mol. The number of carbonyl (C=O) groups is 1. The fraction of sp³-hybridized carbons (Fsp3) is 0.400. The van der Waals surface area contributed by atoms with E-state index >= 15 is 0 Å². The maximum atomic E-state index is 11.2. The number of nitrogens with one attached hydrogen (secondary N) is 1. The monoisotopic (exact) mass is 193 g/mol. The molecule has 4 nitrogen and oxygen atoms in total. The van der Waals surface area contributed by atoms with Gasteiger partial charge in [0.25, 0.3) is 0 Å². The molecule has 1 rings (SSSR count). The van der Waals surface area contributed by atoms with E-state index in [4.69, 9.17) is 0 Å². The molecule has 0 aliphatic carbocycles. The molecular weight excluding hydrogens is 178 g/mol. The molecule has 1 heterocycles. The topological polar surface area (TPSA) is 46.9 Å². The second-order valence-electron chi connectivity index (χ2n) is 3.29. The van der Waals surface area contributed by atoms with E-state index in [1.165, 1.54) is 6.08 Å². The third kappa shape index (κ3) is 3.89. The molecule has 0 bridgehead atoms. The number of nitrogens with zero attached hydrogens (tertiary/aromatic N) is 2. The summed E-state index contributed by atoms with van der Waals surface area (Å²) in [5.74, 6) is -0.0628. The van der Waals surface area contributed by atoms with Crippen LogP contribution in [0, 0.1) is 0 Å². The van der Waals surface area contributed by atoms with E-state index in [1.54, 1.807) is 17.0 Å². The van der Waals surface area contributed by atoms with Crippen molar-refractivity contribution in [3.63, 3.8) is 0 Å². The van der Waals surface area contributed by atoms with Crippen molar-refractivity contribution in [2.45, 2.75) is 26.4 Å². The summed E-state index contributed by atoms with van der Waals surface area (Å²) < 4.78 is 1.75. The summed E-state index contributed by atoms with van der Waals surface area (Å²) in [5, 5.41) is 6.78. The molecule has 0 spiro atoms. The van der Waals surface area contributed by atoms with Crippen LogP contribution in [0.2, 0.25) is 0 Å². The standard InChI is InChI=1S/C10H15N3O/c1-9(2)12-10(14)5-3-7-13-8-4-6-11-13/h3-6,8-9H,7H2,1-2H3,(H,12,14)/b5-3+. The fourth-order valence-corrected chi connectivity index (χ4v) is 1.01. The zero-order chi connectivity index (χ0) is 10.4. The number of allylic oxidation sites excluding steroid dienone is 1. The third-order valence-electron chi connectivity index (χ3n) is 1.55. The minimum atomic E-state index is -0.0628. The molecule has 0 saturated carbocycles. The highest BCUT2D eigenvalue weighted by molar-refractivity contribution is 5.87. The van der Waals surface area contributed by atoms with Crippen molar-refractivity contribution in [2.24, 2.45) is 0 Å². The molecule has 1 aromatic heterocycles. The molecule has 0 aliphatic rings. The molecule has 0 aliphatic heterocycles. The van der Waals surface area contributed by atoms with Crippen LogP contribution in [0.3, 0.4) is 0 Å². The van der Waals surface area contributed by atoms with Gasteiger partial charge in [0.1, 0.15) is 0 Å².